The lowest BCUT2D eigenvalue weighted by atomic mass is 10.0. The lowest BCUT2D eigenvalue weighted by Gasteiger charge is -2.23. The molecule has 0 aliphatic rings. The number of nitrogens with one attached hydrogen (secondary N) is 2. The molecule has 0 radical (unpaired) electrons. The van der Waals surface area contributed by atoms with Crippen molar-refractivity contribution in [1.82, 2.24) is 10.6 Å². The zero-order chi connectivity index (χ0) is 18.3. The Bertz CT molecular complexity index is 580. The summed E-state index contributed by atoms with van der Waals surface area (Å²) in [5.41, 5.74) is 0.00797. The molecular weight excluding hydrogens is 312 g/mol. The molecule has 1 aromatic carbocycles. The highest BCUT2D eigenvalue weighted by Gasteiger charge is 2.24. The smallest absolute Gasteiger partial charge is 0.408 e. The molecule has 7 nitrogen and oxygen atoms in total. The van der Waals surface area contributed by atoms with Gasteiger partial charge in [-0.1, -0.05) is 30.3 Å². The van der Waals surface area contributed by atoms with Crippen molar-refractivity contribution < 1.29 is 24.2 Å². The molecule has 24 heavy (non-hydrogen) atoms. The van der Waals surface area contributed by atoms with E-state index in [1.807, 2.05) is 0 Å². The molecule has 2 atom stereocenters. The molecule has 0 aliphatic carbocycles. The van der Waals surface area contributed by atoms with E-state index in [2.05, 4.69) is 10.6 Å². The summed E-state index contributed by atoms with van der Waals surface area (Å²) in [5.74, 6) is -1.52. The minimum absolute atomic E-state index is 0.255. The first-order valence-electron chi connectivity index (χ1n) is 7.65. The number of hydrogen-bond acceptors (Lipinski definition) is 4. The number of aliphatic carboxylic acids is 1. The molecule has 0 aliphatic heterocycles. The van der Waals surface area contributed by atoms with Crippen molar-refractivity contribution in [2.24, 2.45) is 0 Å². The number of carboxylic acids is 1. The van der Waals surface area contributed by atoms with Gasteiger partial charge in [0.05, 0.1) is 12.5 Å². The van der Waals surface area contributed by atoms with Crippen LogP contribution in [0.4, 0.5) is 4.79 Å². The van der Waals surface area contributed by atoms with Gasteiger partial charge >= 0.3 is 12.1 Å². The molecule has 0 bridgehead atoms. The van der Waals surface area contributed by atoms with Crippen molar-refractivity contribution in [3.05, 3.63) is 35.9 Å². The molecular formula is C17H24N2O5. The van der Waals surface area contributed by atoms with E-state index >= 15 is 0 Å². The summed E-state index contributed by atoms with van der Waals surface area (Å²) in [6.07, 6.45) is -0.964. The zero-order valence-corrected chi connectivity index (χ0v) is 14.3. The van der Waals surface area contributed by atoms with Crippen LogP contribution in [-0.4, -0.2) is 34.7 Å². The number of carbonyl (C=O) groups excluding carboxylic acids is 2. The third kappa shape index (κ3) is 7.13. The van der Waals surface area contributed by atoms with E-state index < -0.39 is 35.7 Å². The van der Waals surface area contributed by atoms with Gasteiger partial charge in [-0.2, -0.15) is 0 Å². The van der Waals surface area contributed by atoms with Crippen molar-refractivity contribution in [3.63, 3.8) is 0 Å². The molecule has 132 valence electrons. The molecule has 3 N–H and O–H groups in total. The van der Waals surface area contributed by atoms with Crippen LogP contribution >= 0.6 is 0 Å². The quantitative estimate of drug-likeness (QED) is 0.739. The van der Waals surface area contributed by atoms with Gasteiger partial charge in [0.25, 0.3) is 0 Å². The largest absolute Gasteiger partial charge is 0.481 e. The highest BCUT2D eigenvalue weighted by atomic mass is 16.6. The van der Waals surface area contributed by atoms with E-state index in [-0.39, 0.29) is 6.42 Å². The van der Waals surface area contributed by atoms with E-state index in [1.165, 1.54) is 6.92 Å². The van der Waals surface area contributed by atoms with Crippen LogP contribution in [0.5, 0.6) is 0 Å². The Morgan fingerprint density at radius 1 is 1.12 bits per heavy atom. The predicted molar refractivity (Wildman–Crippen MR) is 88.4 cm³/mol. The summed E-state index contributed by atoms with van der Waals surface area (Å²) in [4.78, 5) is 35.0. The van der Waals surface area contributed by atoms with Gasteiger partial charge in [-0.25, -0.2) is 4.79 Å². The van der Waals surface area contributed by atoms with Gasteiger partial charge in [0.15, 0.2) is 0 Å². The first kappa shape index (κ1) is 19.5. The summed E-state index contributed by atoms with van der Waals surface area (Å²) in [7, 11) is 0. The standard InChI is InChI=1S/C17H24N2O5/c1-11(18-16(23)24-17(2,3)4)15(22)19-13(10-14(20)21)12-8-6-5-7-9-12/h5-9,11,13H,10H2,1-4H3,(H,18,23)(H,19,22)(H,20,21)/t11-,13+/m0/s1. The molecule has 0 saturated carbocycles. The molecule has 1 aromatic rings. The molecule has 0 fully saturated rings. The summed E-state index contributed by atoms with van der Waals surface area (Å²) in [5, 5.41) is 14.1. The molecule has 0 spiro atoms. The van der Waals surface area contributed by atoms with E-state index in [0.29, 0.717) is 5.56 Å². The molecule has 0 heterocycles. The average Bonchev–Trinajstić information content (AvgIpc) is 2.44. The summed E-state index contributed by atoms with van der Waals surface area (Å²) >= 11 is 0. The van der Waals surface area contributed by atoms with E-state index in [1.54, 1.807) is 51.1 Å². The van der Waals surface area contributed by atoms with Crippen LogP contribution in [0.3, 0.4) is 0 Å². The number of rotatable bonds is 6. The second-order valence-electron chi connectivity index (χ2n) is 6.44. The van der Waals surface area contributed by atoms with Gasteiger partial charge in [0.2, 0.25) is 5.91 Å². The SMILES string of the molecule is C[C@H](NC(=O)OC(C)(C)C)C(=O)N[C@H](CC(=O)O)c1ccccc1. The average molecular weight is 336 g/mol. The first-order chi connectivity index (χ1) is 11.1. The van der Waals surface area contributed by atoms with Crippen LogP contribution in [0.15, 0.2) is 30.3 Å². The summed E-state index contributed by atoms with van der Waals surface area (Å²) < 4.78 is 5.09. The van der Waals surface area contributed by atoms with Crippen LogP contribution in [0, 0.1) is 0 Å². The van der Waals surface area contributed by atoms with Crippen molar-refractivity contribution in [2.75, 3.05) is 0 Å². The number of alkyl carbamates (subject to hydrolysis) is 1. The fourth-order valence-corrected chi connectivity index (χ4v) is 1.96. The van der Waals surface area contributed by atoms with Crippen molar-refractivity contribution in [3.8, 4) is 0 Å². The van der Waals surface area contributed by atoms with Crippen LogP contribution in [-0.2, 0) is 14.3 Å². The second-order valence-corrected chi connectivity index (χ2v) is 6.44. The third-order valence-electron chi connectivity index (χ3n) is 3.02. The lowest BCUT2D eigenvalue weighted by molar-refractivity contribution is -0.137. The predicted octanol–water partition coefficient (Wildman–Crippen LogP) is 2.23. The highest BCUT2D eigenvalue weighted by molar-refractivity contribution is 5.86. The molecule has 7 heteroatoms. The molecule has 1 rings (SSSR count). The summed E-state index contributed by atoms with van der Waals surface area (Å²) in [6, 6.07) is 7.26. The number of carbonyl (C=O) groups is 3. The van der Waals surface area contributed by atoms with Gasteiger partial charge in [-0.15, -0.1) is 0 Å². The second kappa shape index (κ2) is 8.33. The third-order valence-corrected chi connectivity index (χ3v) is 3.02. The van der Waals surface area contributed by atoms with E-state index in [0.717, 1.165) is 0 Å². The van der Waals surface area contributed by atoms with Crippen LogP contribution < -0.4 is 10.6 Å². The van der Waals surface area contributed by atoms with Crippen molar-refractivity contribution >= 4 is 18.0 Å². The zero-order valence-electron chi connectivity index (χ0n) is 14.3. The topological polar surface area (TPSA) is 105 Å². The van der Waals surface area contributed by atoms with E-state index in [4.69, 9.17) is 9.84 Å². The molecule has 0 saturated heterocycles. The van der Waals surface area contributed by atoms with Crippen molar-refractivity contribution in [1.29, 1.82) is 0 Å². The fourth-order valence-electron chi connectivity index (χ4n) is 1.96. The van der Waals surface area contributed by atoms with Gasteiger partial charge in [0, 0.05) is 0 Å². The van der Waals surface area contributed by atoms with Crippen LogP contribution in [0.25, 0.3) is 0 Å². The number of ether oxygens (including phenoxy) is 1. The maximum atomic E-state index is 12.2. The Kier molecular flexibility index (Phi) is 6.76. The number of carboxylic acid groups (broad SMARTS) is 1. The Morgan fingerprint density at radius 3 is 2.21 bits per heavy atom. The number of benzene rings is 1. The number of hydrogen-bond donors (Lipinski definition) is 3. The fraction of sp³-hybridized carbons (Fsp3) is 0.471. The van der Waals surface area contributed by atoms with Gasteiger partial charge < -0.3 is 20.5 Å². The van der Waals surface area contributed by atoms with Gasteiger partial charge in [-0.05, 0) is 33.3 Å². The highest BCUT2D eigenvalue weighted by Crippen LogP contribution is 2.16. The maximum absolute atomic E-state index is 12.2. The van der Waals surface area contributed by atoms with Gasteiger partial charge in [-0.3, -0.25) is 9.59 Å². The monoisotopic (exact) mass is 336 g/mol. The Balaban J connectivity index is 2.70. The lowest BCUT2D eigenvalue weighted by Crippen LogP contribution is -2.47. The first-order valence-corrected chi connectivity index (χ1v) is 7.65. The molecule has 2 amide bonds. The Morgan fingerprint density at radius 2 is 1.71 bits per heavy atom. The minimum atomic E-state index is -1.03. The minimum Gasteiger partial charge on any atom is -0.481 e. The van der Waals surface area contributed by atoms with Crippen molar-refractivity contribution in [2.45, 2.75) is 51.8 Å². The summed E-state index contributed by atoms with van der Waals surface area (Å²) in [6.45, 7) is 6.66. The Labute approximate surface area is 141 Å². The molecule has 0 aromatic heterocycles. The maximum Gasteiger partial charge on any atom is 0.408 e. The number of amides is 2. The molecule has 0 unspecified atom stereocenters. The van der Waals surface area contributed by atoms with E-state index in [9.17, 15) is 14.4 Å². The normalized spacial score (nSPS) is 13.5. The van der Waals surface area contributed by atoms with Crippen LogP contribution in [0.1, 0.15) is 45.7 Å². The van der Waals surface area contributed by atoms with Gasteiger partial charge in [0.1, 0.15) is 11.6 Å². The Hall–Kier alpha value is -2.57. The van der Waals surface area contributed by atoms with Crippen LogP contribution in [0.2, 0.25) is 0 Å².